The number of unbranched alkanes of at least 4 members (excludes halogenated alkanes) is 29. The molecule has 119 heavy (non-hydrogen) atoms. The van der Waals surface area contributed by atoms with E-state index < -0.39 is 179 Å². The number of nitrogens with one attached hydrogen (secondary N) is 2. The zero-order chi connectivity index (χ0) is 88.0. The van der Waals surface area contributed by atoms with Gasteiger partial charge in [0.1, 0.15) is 86.5 Å². The summed E-state index contributed by atoms with van der Waals surface area (Å²) in [5.74, 6) is -8.82. The van der Waals surface area contributed by atoms with Gasteiger partial charge in [-0.05, 0) is 19.3 Å². The van der Waals surface area contributed by atoms with Crippen molar-refractivity contribution in [2.24, 2.45) is 0 Å². The quantitative estimate of drug-likeness (QED) is 0.0247. The van der Waals surface area contributed by atoms with Gasteiger partial charge in [-0.2, -0.15) is 0 Å². The molecule has 3 aliphatic rings. The molecule has 1 saturated carbocycles. The van der Waals surface area contributed by atoms with Crippen LogP contribution in [0.4, 0.5) is 0 Å². The number of methoxy groups -OCH3 is 16. The van der Waals surface area contributed by atoms with Crippen LogP contribution in [-0.2, 0) is 137 Å². The minimum absolute atomic E-state index is 0.0312. The van der Waals surface area contributed by atoms with E-state index in [1.54, 1.807) is 0 Å². The van der Waals surface area contributed by atoms with Crippen molar-refractivity contribution in [3.05, 3.63) is 12.2 Å². The van der Waals surface area contributed by atoms with Gasteiger partial charge in [0.05, 0.1) is 70.5 Å². The van der Waals surface area contributed by atoms with Gasteiger partial charge in [-0.15, -0.1) is 0 Å². The van der Waals surface area contributed by atoms with Crippen LogP contribution in [0, 0.1) is 0 Å². The van der Waals surface area contributed by atoms with Crippen molar-refractivity contribution in [3.8, 4) is 0 Å². The molecule has 3 amide bonds. The molecule has 1 unspecified atom stereocenters. The molecule has 0 radical (unpaired) electrons. The van der Waals surface area contributed by atoms with Crippen LogP contribution in [0.25, 0.3) is 0 Å². The van der Waals surface area contributed by atoms with E-state index in [4.69, 9.17) is 108 Å². The Kier molecular flexibility index (Phi) is 58.4. The second-order valence-corrected chi connectivity index (χ2v) is 33.1. The lowest BCUT2D eigenvalue weighted by atomic mass is 9.83. The summed E-state index contributed by atoms with van der Waals surface area (Å²) in [4.78, 5) is 73.5. The van der Waals surface area contributed by atoms with Gasteiger partial charge in [-0.1, -0.05) is 206 Å². The fourth-order valence-corrected chi connectivity index (χ4v) is 17.7. The monoisotopic (exact) mass is 1730 g/mol. The molecule has 3 fully saturated rings. The average Bonchev–Trinajstić information content (AvgIpc) is 0.738. The average molecular weight is 1730 g/mol. The maximum absolute atomic E-state index is 15.5. The van der Waals surface area contributed by atoms with Crippen LogP contribution in [0.15, 0.2) is 12.2 Å². The van der Waals surface area contributed by atoms with Crippen molar-refractivity contribution >= 4 is 37.5 Å². The second-order valence-electron chi connectivity index (χ2n) is 31.4. The van der Waals surface area contributed by atoms with Crippen LogP contribution in [0.2, 0.25) is 0 Å². The van der Waals surface area contributed by atoms with E-state index in [-0.39, 0.29) is 32.1 Å². The fraction of sp³-hybridized carbons (Fsp3) is 0.919. The van der Waals surface area contributed by atoms with Crippen molar-refractivity contribution in [3.63, 3.8) is 0 Å². The molecule has 2 N–H and O–H groups in total. The number of allylic oxidation sites excluding steroid dienone is 1. The third-order valence-corrected chi connectivity index (χ3v) is 24.7. The Hall–Kier alpha value is -3.52. The first-order chi connectivity index (χ1) is 57.6. The van der Waals surface area contributed by atoms with Crippen molar-refractivity contribution in [1.29, 1.82) is 0 Å². The molecule has 0 aromatic carbocycles. The summed E-state index contributed by atoms with van der Waals surface area (Å²) in [6.45, 7) is 2.65. The molecule has 2 saturated heterocycles. The Morgan fingerprint density at radius 2 is 0.891 bits per heavy atom. The maximum atomic E-state index is 15.5. The van der Waals surface area contributed by atoms with E-state index >= 15 is 9.36 Å². The number of likely N-dealkylation sites (N-methyl/N-ethyl adjacent to an activating group) is 1. The SMILES string of the molecule is CCCCCCCCCCC/C=C/[C@@H](OC)[C@H](COP(=O)(OC)O[C@H]1[C@H](OC)[C@@H](OC)[C@H](OC)[C@@H](O[C@]2(C(=O)OC)C[C@H](OC)[C@@H](NC(=O)CO[C@]3(C(=O)OC)C[C@H](OC)[C@@H](N(C)C(=O)COC)[C@H]([C@H](OC)[C@@H](COC)OC)O3)[C@H]([C@H](OC)[C@@H](COC)OC)O2)[C@H]1OC)NC(=O)CCCCCCCCCCCCCCCCCCCCCCC. The molecule has 33 heteroatoms. The smallest absolute Gasteiger partial charge is 0.465 e. The van der Waals surface area contributed by atoms with E-state index in [2.05, 4.69) is 24.5 Å². The zero-order valence-corrected chi connectivity index (χ0v) is 77.3. The Labute approximate surface area is 713 Å². The molecule has 21 atom stereocenters. The van der Waals surface area contributed by atoms with Crippen LogP contribution < -0.4 is 10.6 Å². The Balaban J connectivity index is 2.02. The molecule has 1 aliphatic carbocycles. The van der Waals surface area contributed by atoms with E-state index in [1.165, 1.54) is 259 Å². The molecule has 0 spiro atoms. The maximum Gasteiger partial charge on any atom is 0.475 e. The summed E-state index contributed by atoms with van der Waals surface area (Å²) in [7, 11) is 19.5. The number of hydrogen-bond acceptors (Lipinski definition) is 29. The molecule has 698 valence electrons. The molecule has 3 rings (SSSR count). The van der Waals surface area contributed by atoms with Crippen LogP contribution in [0.3, 0.4) is 0 Å². The first kappa shape index (κ1) is 110. The third-order valence-electron chi connectivity index (χ3n) is 23.3. The van der Waals surface area contributed by atoms with Gasteiger partial charge in [0, 0.05) is 133 Å². The number of rotatable bonds is 71. The van der Waals surface area contributed by atoms with Crippen molar-refractivity contribution in [2.45, 2.75) is 353 Å². The van der Waals surface area contributed by atoms with Crippen LogP contribution >= 0.6 is 7.82 Å². The predicted molar refractivity (Wildman–Crippen MR) is 448 cm³/mol. The van der Waals surface area contributed by atoms with Crippen molar-refractivity contribution in [2.75, 3.05) is 161 Å². The highest BCUT2D eigenvalue weighted by atomic mass is 31.2. The predicted octanol–water partition coefficient (Wildman–Crippen LogP) is 11.9. The number of ether oxygens (including phenoxy) is 20. The highest BCUT2D eigenvalue weighted by molar-refractivity contribution is 7.48. The normalized spacial score (nSPS) is 26.2. The van der Waals surface area contributed by atoms with E-state index in [1.807, 2.05) is 12.2 Å². The van der Waals surface area contributed by atoms with Gasteiger partial charge in [-0.3, -0.25) is 28.0 Å². The summed E-state index contributed by atoms with van der Waals surface area (Å²) in [5.41, 5.74) is 0. The van der Waals surface area contributed by atoms with E-state index in [0.29, 0.717) is 6.42 Å². The molecule has 0 aromatic heterocycles. The summed E-state index contributed by atoms with van der Waals surface area (Å²) >= 11 is 0. The van der Waals surface area contributed by atoms with Gasteiger partial charge in [0.25, 0.3) is 11.6 Å². The number of phosphoric acid groups is 1. The summed E-state index contributed by atoms with van der Waals surface area (Å²) < 4.78 is 155. The molecular formula is C86H160N3O29P. The van der Waals surface area contributed by atoms with Crippen LogP contribution in [0.5, 0.6) is 0 Å². The first-order valence-electron chi connectivity index (χ1n) is 43.7. The minimum atomic E-state index is -4.81. The van der Waals surface area contributed by atoms with Gasteiger partial charge in [0.15, 0.2) is 0 Å². The summed E-state index contributed by atoms with van der Waals surface area (Å²) in [5, 5.41) is 6.06. The first-order valence-corrected chi connectivity index (χ1v) is 45.2. The molecule has 2 heterocycles. The Bertz CT molecular complexity index is 2750. The standard InChI is InChI=1S/C86H160N3O29P/c1-21-23-25-27-29-31-33-34-35-36-37-38-39-40-41-42-44-46-48-50-52-54-68(90)87-62(63(99-7)53-51-49-47-45-43-32-30-28-26-24-22-2)57-114-119(95,112-20)118-82-79(108-16)77(106-14)78(107-15)81(80(82)109-17)117-86(84(94)111-19)55-64(100-8)71(75(115-86)73(104-12)66(102-10)58-96-4)88-69(91)60-113-85(83(93)110-18)56-65(101-9)72(89(3)70(92)61-98-6)76(116-85)74(105-13)67(103-11)59-97-5/h51,53,62-67,71-82H,21-50,52,54-61H2,1-20H3,(H,87,90)(H,88,91)/b53-51+/t62-,63+,64-,65-,66+,67+,71+,72+,73+,74+,75+,76+,77-,78-,79+,80+,81+,82-,85+,86-,119?/m0/s1. The highest BCUT2D eigenvalue weighted by Gasteiger charge is 2.64. The number of esters is 2. The lowest BCUT2D eigenvalue weighted by Crippen LogP contribution is -2.72. The number of carbonyl (C=O) groups excluding carboxylic acids is 5. The lowest BCUT2D eigenvalue weighted by molar-refractivity contribution is -0.357. The largest absolute Gasteiger partial charge is 0.475 e. The highest BCUT2D eigenvalue weighted by Crippen LogP contribution is 2.53. The van der Waals surface area contributed by atoms with Gasteiger partial charge in [0.2, 0.25) is 17.7 Å². The number of nitrogens with zero attached hydrogens (tertiary/aromatic N) is 1. The fourth-order valence-electron chi connectivity index (χ4n) is 16.6. The van der Waals surface area contributed by atoms with Gasteiger partial charge >= 0.3 is 19.8 Å². The second kappa shape index (κ2) is 63.4. The summed E-state index contributed by atoms with van der Waals surface area (Å²) in [6.07, 6.45) is 22.5. The van der Waals surface area contributed by atoms with Crippen molar-refractivity contribution < 1.29 is 137 Å². The van der Waals surface area contributed by atoms with Gasteiger partial charge < -0.3 is 110 Å². The number of hydrogen-bond donors (Lipinski definition) is 2. The zero-order valence-electron chi connectivity index (χ0n) is 76.4. The topological polar surface area (TPSA) is 342 Å². The number of phosphoric ester groups is 1. The third kappa shape index (κ3) is 36.0. The molecule has 32 nitrogen and oxygen atoms in total. The summed E-state index contributed by atoms with van der Waals surface area (Å²) in [6, 6.07) is -3.23. The number of carbonyl (C=O) groups is 5. The van der Waals surface area contributed by atoms with Crippen LogP contribution in [0.1, 0.15) is 232 Å². The molecule has 0 aromatic rings. The Morgan fingerprint density at radius 3 is 1.32 bits per heavy atom. The van der Waals surface area contributed by atoms with E-state index in [9.17, 15) is 19.2 Å². The van der Waals surface area contributed by atoms with Gasteiger partial charge in [-0.25, -0.2) is 14.2 Å². The lowest BCUT2D eigenvalue weighted by Gasteiger charge is -2.53. The van der Waals surface area contributed by atoms with Crippen molar-refractivity contribution in [1.82, 2.24) is 15.5 Å². The Morgan fingerprint density at radius 1 is 0.462 bits per heavy atom. The van der Waals surface area contributed by atoms with Crippen LogP contribution in [-0.4, -0.2) is 317 Å². The molecule has 0 bridgehead atoms. The molecule has 2 aliphatic heterocycles. The molecular weight excluding hydrogens is 1570 g/mol. The minimum Gasteiger partial charge on any atom is -0.465 e. The number of amides is 3. The van der Waals surface area contributed by atoms with E-state index in [0.717, 1.165) is 66.3 Å².